The first kappa shape index (κ1) is 9.97. The van der Waals surface area contributed by atoms with E-state index in [0.29, 0.717) is 23.7 Å². The van der Waals surface area contributed by atoms with Crippen LogP contribution in [0.5, 0.6) is 6.01 Å². The van der Waals surface area contributed by atoms with Gasteiger partial charge in [-0.1, -0.05) is 0 Å². The SMILES string of the molecule is CCOc1nc2c(C)sc(C(=O)O)c2[nH]1. The number of nitrogens with one attached hydrogen (secondary N) is 1. The predicted octanol–water partition coefficient (Wildman–Crippen LogP) is 2.03. The molecule has 0 aromatic carbocycles. The van der Waals surface area contributed by atoms with Crippen molar-refractivity contribution in [2.75, 3.05) is 6.61 Å². The molecule has 0 aliphatic carbocycles. The van der Waals surface area contributed by atoms with Crippen molar-refractivity contribution < 1.29 is 14.6 Å². The molecule has 5 nitrogen and oxygen atoms in total. The smallest absolute Gasteiger partial charge is 0.348 e. The Morgan fingerprint density at radius 1 is 1.67 bits per heavy atom. The number of hydrogen-bond acceptors (Lipinski definition) is 4. The van der Waals surface area contributed by atoms with Crippen LogP contribution in [0, 0.1) is 6.92 Å². The number of hydrogen-bond donors (Lipinski definition) is 2. The Morgan fingerprint density at radius 3 is 3.00 bits per heavy atom. The van der Waals surface area contributed by atoms with E-state index in [9.17, 15) is 4.79 Å². The average Bonchev–Trinajstić information content (AvgIpc) is 2.68. The lowest BCUT2D eigenvalue weighted by molar-refractivity contribution is 0.0704. The maximum atomic E-state index is 10.9. The monoisotopic (exact) mass is 226 g/mol. The van der Waals surface area contributed by atoms with Gasteiger partial charge in [-0.15, -0.1) is 11.3 Å². The van der Waals surface area contributed by atoms with Crippen molar-refractivity contribution in [2.24, 2.45) is 0 Å². The molecule has 0 saturated carbocycles. The molecule has 2 heterocycles. The van der Waals surface area contributed by atoms with E-state index in [2.05, 4.69) is 9.97 Å². The molecule has 0 atom stereocenters. The summed E-state index contributed by atoms with van der Waals surface area (Å²) in [6.45, 7) is 4.19. The topological polar surface area (TPSA) is 75.2 Å². The fourth-order valence-corrected chi connectivity index (χ4v) is 2.27. The lowest BCUT2D eigenvalue weighted by Gasteiger charge is -1.94. The highest BCUT2D eigenvalue weighted by atomic mass is 32.1. The van der Waals surface area contributed by atoms with E-state index in [1.54, 1.807) is 0 Å². The van der Waals surface area contributed by atoms with Gasteiger partial charge in [0.05, 0.1) is 12.1 Å². The molecule has 0 aliphatic rings. The summed E-state index contributed by atoms with van der Waals surface area (Å²) in [4.78, 5) is 19.1. The minimum atomic E-state index is -0.940. The number of H-pyrrole nitrogens is 1. The van der Waals surface area contributed by atoms with Gasteiger partial charge in [-0.2, -0.15) is 4.98 Å². The molecule has 0 fully saturated rings. The van der Waals surface area contributed by atoms with Crippen LogP contribution >= 0.6 is 11.3 Å². The van der Waals surface area contributed by atoms with Gasteiger partial charge in [-0.25, -0.2) is 4.79 Å². The zero-order valence-corrected chi connectivity index (χ0v) is 9.14. The Kier molecular flexibility index (Phi) is 2.36. The van der Waals surface area contributed by atoms with Crippen LogP contribution in [0.1, 0.15) is 21.5 Å². The number of fused-ring (bicyclic) bond motifs is 1. The molecular weight excluding hydrogens is 216 g/mol. The van der Waals surface area contributed by atoms with Crippen LogP contribution < -0.4 is 4.74 Å². The number of aromatic amines is 1. The normalized spacial score (nSPS) is 10.8. The second-order valence-corrected chi connectivity index (χ2v) is 4.22. The third-order valence-electron chi connectivity index (χ3n) is 1.97. The van der Waals surface area contributed by atoms with Gasteiger partial charge >= 0.3 is 5.97 Å². The first-order valence-corrected chi connectivity index (χ1v) is 5.30. The highest BCUT2D eigenvalue weighted by molar-refractivity contribution is 7.15. The Morgan fingerprint density at radius 2 is 2.40 bits per heavy atom. The standard InChI is InChI=1S/C9H10N2O3S/c1-3-14-9-10-5-4(2)15-7(8(12)13)6(5)11-9/h3H2,1-2H3,(H,10,11)(H,12,13). The maximum Gasteiger partial charge on any atom is 0.348 e. The minimum absolute atomic E-state index is 0.279. The summed E-state index contributed by atoms with van der Waals surface area (Å²) in [5, 5.41) is 8.96. The Balaban J connectivity index is 2.59. The molecule has 80 valence electrons. The van der Waals surface area contributed by atoms with Crippen LogP contribution in [-0.2, 0) is 0 Å². The highest BCUT2D eigenvalue weighted by Gasteiger charge is 2.18. The van der Waals surface area contributed by atoms with Crippen LogP contribution in [-0.4, -0.2) is 27.7 Å². The number of nitrogens with zero attached hydrogens (tertiary/aromatic N) is 1. The van der Waals surface area contributed by atoms with E-state index in [1.807, 2.05) is 13.8 Å². The first-order chi connectivity index (χ1) is 7.13. The number of ether oxygens (including phenoxy) is 1. The van der Waals surface area contributed by atoms with Crippen molar-refractivity contribution in [1.82, 2.24) is 9.97 Å². The number of thiophene rings is 1. The molecule has 2 aromatic heterocycles. The van der Waals surface area contributed by atoms with Gasteiger partial charge in [0.25, 0.3) is 6.01 Å². The number of carboxylic acid groups (broad SMARTS) is 1. The van der Waals surface area contributed by atoms with Crippen molar-refractivity contribution in [3.8, 4) is 6.01 Å². The zero-order valence-electron chi connectivity index (χ0n) is 8.33. The van der Waals surface area contributed by atoms with Gasteiger partial charge in [0.1, 0.15) is 10.4 Å². The fraction of sp³-hybridized carbons (Fsp3) is 0.333. The van der Waals surface area contributed by atoms with E-state index in [-0.39, 0.29) is 4.88 Å². The zero-order chi connectivity index (χ0) is 11.0. The van der Waals surface area contributed by atoms with Gasteiger partial charge in [0, 0.05) is 4.88 Å². The first-order valence-electron chi connectivity index (χ1n) is 4.48. The molecule has 0 radical (unpaired) electrons. The van der Waals surface area contributed by atoms with Crippen molar-refractivity contribution in [2.45, 2.75) is 13.8 Å². The Bertz CT molecular complexity index is 515. The van der Waals surface area contributed by atoms with Crippen LogP contribution in [0.2, 0.25) is 0 Å². The maximum absolute atomic E-state index is 10.9. The van der Waals surface area contributed by atoms with Crippen molar-refractivity contribution >= 4 is 28.3 Å². The molecular formula is C9H10N2O3S. The molecule has 0 saturated heterocycles. The molecule has 0 aliphatic heterocycles. The molecule has 2 rings (SSSR count). The van der Waals surface area contributed by atoms with E-state index in [4.69, 9.17) is 9.84 Å². The second kappa shape index (κ2) is 3.54. The van der Waals surface area contributed by atoms with Gasteiger partial charge < -0.3 is 14.8 Å². The molecule has 6 heteroatoms. The summed E-state index contributed by atoms with van der Waals surface area (Å²) in [6, 6.07) is 0.376. The molecule has 0 amide bonds. The van der Waals surface area contributed by atoms with Crippen molar-refractivity contribution in [3.63, 3.8) is 0 Å². The lowest BCUT2D eigenvalue weighted by Crippen LogP contribution is -1.94. The summed E-state index contributed by atoms with van der Waals surface area (Å²) in [5.74, 6) is -0.940. The minimum Gasteiger partial charge on any atom is -0.477 e. The molecule has 2 aromatic rings. The largest absolute Gasteiger partial charge is 0.477 e. The Hall–Kier alpha value is -1.56. The molecule has 0 unspecified atom stereocenters. The second-order valence-electron chi connectivity index (χ2n) is 2.99. The Labute approximate surface area is 89.7 Å². The summed E-state index contributed by atoms with van der Waals surface area (Å²) in [6.07, 6.45) is 0. The van der Waals surface area contributed by atoms with E-state index >= 15 is 0 Å². The summed E-state index contributed by atoms with van der Waals surface area (Å²) in [7, 11) is 0. The van der Waals surface area contributed by atoms with Crippen LogP contribution in [0.3, 0.4) is 0 Å². The molecule has 2 N–H and O–H groups in total. The number of carboxylic acids is 1. The quantitative estimate of drug-likeness (QED) is 0.839. The number of rotatable bonds is 3. The van der Waals surface area contributed by atoms with Crippen LogP contribution in [0.4, 0.5) is 0 Å². The van der Waals surface area contributed by atoms with Crippen LogP contribution in [0.15, 0.2) is 0 Å². The third kappa shape index (κ3) is 1.56. The van der Waals surface area contributed by atoms with Gasteiger partial charge in [0.15, 0.2) is 0 Å². The number of aromatic nitrogens is 2. The number of carbonyl (C=O) groups is 1. The van der Waals surface area contributed by atoms with Crippen LogP contribution in [0.25, 0.3) is 11.0 Å². The predicted molar refractivity (Wildman–Crippen MR) is 56.8 cm³/mol. The van der Waals surface area contributed by atoms with E-state index in [0.717, 1.165) is 4.88 Å². The van der Waals surface area contributed by atoms with E-state index in [1.165, 1.54) is 11.3 Å². The van der Waals surface area contributed by atoms with Crippen molar-refractivity contribution in [3.05, 3.63) is 9.75 Å². The molecule has 15 heavy (non-hydrogen) atoms. The van der Waals surface area contributed by atoms with Gasteiger partial charge in [0.2, 0.25) is 0 Å². The third-order valence-corrected chi connectivity index (χ3v) is 3.06. The summed E-state index contributed by atoms with van der Waals surface area (Å²) >= 11 is 1.22. The average molecular weight is 226 g/mol. The molecule has 0 spiro atoms. The number of aryl methyl sites for hydroxylation is 1. The van der Waals surface area contributed by atoms with E-state index < -0.39 is 5.97 Å². The molecule has 0 bridgehead atoms. The fourth-order valence-electron chi connectivity index (χ4n) is 1.38. The lowest BCUT2D eigenvalue weighted by atomic mass is 10.3. The summed E-state index contributed by atoms with van der Waals surface area (Å²) in [5.41, 5.74) is 1.23. The highest BCUT2D eigenvalue weighted by Crippen LogP contribution is 2.30. The van der Waals surface area contributed by atoms with Gasteiger partial charge in [-0.3, -0.25) is 0 Å². The summed E-state index contributed by atoms with van der Waals surface area (Å²) < 4.78 is 5.18. The van der Waals surface area contributed by atoms with Gasteiger partial charge in [-0.05, 0) is 13.8 Å². The number of imidazole rings is 1. The van der Waals surface area contributed by atoms with Crippen molar-refractivity contribution in [1.29, 1.82) is 0 Å². The number of aromatic carboxylic acids is 1.